The van der Waals surface area contributed by atoms with Gasteiger partial charge in [-0.05, 0) is 35.7 Å². The molecule has 2 N–H and O–H groups in total. The van der Waals surface area contributed by atoms with Crippen molar-refractivity contribution in [2.75, 3.05) is 11.9 Å². The monoisotopic (exact) mass is 255 g/mol. The number of aromatic nitrogens is 1. The molecule has 2 aromatic rings. The second-order valence-electron chi connectivity index (χ2n) is 4.82. The molecule has 0 spiro atoms. The largest absolute Gasteiger partial charge is 0.370 e. The van der Waals surface area contributed by atoms with E-state index in [0.29, 0.717) is 0 Å². The average Bonchev–Trinajstić information content (AvgIpc) is 2.47. The number of hydrogen-bond donors (Lipinski definition) is 1. The van der Waals surface area contributed by atoms with Crippen molar-refractivity contribution in [1.29, 1.82) is 0 Å². The van der Waals surface area contributed by atoms with E-state index in [4.69, 9.17) is 5.73 Å². The Morgan fingerprint density at radius 3 is 2.53 bits per heavy atom. The smallest absolute Gasteiger partial charge is 0.0441 e. The molecule has 0 aliphatic carbocycles. The Hall–Kier alpha value is -1.87. The number of pyridine rings is 1. The van der Waals surface area contributed by atoms with Crippen LogP contribution < -0.4 is 10.6 Å². The lowest BCUT2D eigenvalue weighted by Gasteiger charge is -2.20. The fraction of sp³-hybridized carbons (Fsp3) is 0.312. The van der Waals surface area contributed by atoms with Crippen LogP contribution in [0.5, 0.6) is 0 Å². The van der Waals surface area contributed by atoms with Crippen LogP contribution in [0.2, 0.25) is 0 Å². The Morgan fingerprint density at radius 2 is 1.95 bits per heavy atom. The van der Waals surface area contributed by atoms with Crippen LogP contribution in [0, 0.1) is 0 Å². The highest BCUT2D eigenvalue weighted by Crippen LogP contribution is 2.20. The zero-order valence-corrected chi connectivity index (χ0v) is 11.6. The first-order chi connectivity index (χ1) is 9.20. The van der Waals surface area contributed by atoms with Crippen molar-refractivity contribution in [1.82, 2.24) is 4.98 Å². The number of nitrogens with two attached hydrogens (primary N) is 1. The molecule has 0 fully saturated rings. The van der Waals surface area contributed by atoms with Gasteiger partial charge in [0.2, 0.25) is 0 Å². The van der Waals surface area contributed by atoms with Gasteiger partial charge in [-0.25, -0.2) is 0 Å². The zero-order valence-electron chi connectivity index (χ0n) is 11.6. The minimum atomic E-state index is 0.137. The third-order valence-corrected chi connectivity index (χ3v) is 3.34. The molecule has 2 rings (SSSR count). The highest BCUT2D eigenvalue weighted by atomic mass is 15.1. The number of anilines is 1. The summed E-state index contributed by atoms with van der Waals surface area (Å²) in [6, 6.07) is 12.7. The fourth-order valence-corrected chi connectivity index (χ4v) is 2.07. The summed E-state index contributed by atoms with van der Waals surface area (Å²) in [5.41, 5.74) is 9.62. The van der Waals surface area contributed by atoms with Crippen molar-refractivity contribution in [3.8, 4) is 0 Å². The topological polar surface area (TPSA) is 42.1 Å². The Labute approximate surface area is 115 Å². The second kappa shape index (κ2) is 6.34. The minimum absolute atomic E-state index is 0.137. The lowest BCUT2D eigenvalue weighted by molar-refractivity contribution is 0.698. The van der Waals surface area contributed by atoms with E-state index < -0.39 is 0 Å². The zero-order chi connectivity index (χ0) is 13.7. The van der Waals surface area contributed by atoms with Gasteiger partial charge in [0.1, 0.15) is 0 Å². The van der Waals surface area contributed by atoms with Gasteiger partial charge in [0, 0.05) is 37.7 Å². The predicted molar refractivity (Wildman–Crippen MR) is 80.0 cm³/mol. The van der Waals surface area contributed by atoms with E-state index >= 15 is 0 Å². The van der Waals surface area contributed by atoms with Crippen molar-refractivity contribution in [2.24, 2.45) is 5.73 Å². The average molecular weight is 255 g/mol. The molecule has 0 saturated carbocycles. The van der Waals surface area contributed by atoms with Gasteiger partial charge in [-0.3, -0.25) is 4.98 Å². The van der Waals surface area contributed by atoms with Crippen LogP contribution in [0.15, 0.2) is 48.8 Å². The van der Waals surface area contributed by atoms with E-state index in [9.17, 15) is 0 Å². The minimum Gasteiger partial charge on any atom is -0.370 e. The highest BCUT2D eigenvalue weighted by molar-refractivity contribution is 5.47. The van der Waals surface area contributed by atoms with Crippen molar-refractivity contribution in [2.45, 2.75) is 25.9 Å². The molecular formula is C16H21N3. The molecule has 1 atom stereocenters. The molecule has 1 heterocycles. The lowest BCUT2D eigenvalue weighted by Crippen LogP contribution is -2.16. The van der Waals surface area contributed by atoms with E-state index in [1.807, 2.05) is 12.3 Å². The van der Waals surface area contributed by atoms with Gasteiger partial charge >= 0.3 is 0 Å². The lowest BCUT2D eigenvalue weighted by atomic mass is 10.1. The maximum atomic E-state index is 6.02. The summed E-state index contributed by atoms with van der Waals surface area (Å²) in [4.78, 5) is 6.34. The van der Waals surface area contributed by atoms with E-state index in [-0.39, 0.29) is 6.04 Å². The van der Waals surface area contributed by atoms with Crippen LogP contribution in [0.3, 0.4) is 0 Å². The second-order valence-corrected chi connectivity index (χ2v) is 4.82. The van der Waals surface area contributed by atoms with Gasteiger partial charge in [-0.2, -0.15) is 0 Å². The first kappa shape index (κ1) is 13.6. The van der Waals surface area contributed by atoms with Gasteiger partial charge in [-0.1, -0.05) is 25.1 Å². The summed E-state index contributed by atoms with van der Waals surface area (Å²) >= 11 is 0. The Bertz CT molecular complexity index is 493. The van der Waals surface area contributed by atoms with E-state index in [0.717, 1.165) is 13.0 Å². The molecule has 0 amide bonds. The molecule has 0 bridgehead atoms. The highest BCUT2D eigenvalue weighted by Gasteiger charge is 2.05. The molecular weight excluding hydrogens is 234 g/mol. The van der Waals surface area contributed by atoms with Crippen LogP contribution in [-0.2, 0) is 6.54 Å². The van der Waals surface area contributed by atoms with E-state index in [1.54, 1.807) is 6.20 Å². The van der Waals surface area contributed by atoms with Crippen LogP contribution in [0.1, 0.15) is 30.5 Å². The molecule has 0 aliphatic rings. The molecule has 0 unspecified atom stereocenters. The van der Waals surface area contributed by atoms with Gasteiger partial charge < -0.3 is 10.6 Å². The number of benzene rings is 1. The van der Waals surface area contributed by atoms with Crippen LogP contribution in [0.25, 0.3) is 0 Å². The van der Waals surface area contributed by atoms with Crippen LogP contribution >= 0.6 is 0 Å². The van der Waals surface area contributed by atoms with Crippen LogP contribution in [0.4, 0.5) is 5.69 Å². The molecule has 3 nitrogen and oxygen atoms in total. The molecule has 3 heteroatoms. The normalized spacial score (nSPS) is 12.2. The summed E-state index contributed by atoms with van der Waals surface area (Å²) in [5.74, 6) is 0. The molecule has 1 aromatic carbocycles. The van der Waals surface area contributed by atoms with E-state index in [1.165, 1.54) is 16.8 Å². The Morgan fingerprint density at radius 1 is 1.21 bits per heavy atom. The quantitative estimate of drug-likeness (QED) is 0.892. The predicted octanol–water partition coefficient (Wildman–Crippen LogP) is 3.13. The summed E-state index contributed by atoms with van der Waals surface area (Å²) < 4.78 is 0. The number of hydrogen-bond acceptors (Lipinski definition) is 3. The van der Waals surface area contributed by atoms with E-state index in [2.05, 4.69) is 54.2 Å². The van der Waals surface area contributed by atoms with Gasteiger partial charge in [0.15, 0.2) is 0 Å². The molecule has 1 aromatic heterocycles. The molecule has 0 saturated heterocycles. The third-order valence-electron chi connectivity index (χ3n) is 3.34. The maximum Gasteiger partial charge on any atom is 0.0441 e. The van der Waals surface area contributed by atoms with Crippen molar-refractivity contribution in [3.05, 3.63) is 59.9 Å². The fourth-order valence-electron chi connectivity index (χ4n) is 2.07. The third kappa shape index (κ3) is 3.55. The van der Waals surface area contributed by atoms with Gasteiger partial charge in [0.25, 0.3) is 0 Å². The number of nitrogens with zero attached hydrogens (tertiary/aromatic N) is 2. The SMILES string of the molecule is CC[C@@H](N)c1ccc(N(C)Cc2cccnc2)cc1. The first-order valence-corrected chi connectivity index (χ1v) is 6.66. The molecule has 0 aliphatic heterocycles. The van der Waals surface area contributed by atoms with Crippen molar-refractivity contribution >= 4 is 5.69 Å². The van der Waals surface area contributed by atoms with Gasteiger partial charge in [-0.15, -0.1) is 0 Å². The van der Waals surface area contributed by atoms with Gasteiger partial charge in [0.05, 0.1) is 0 Å². The molecule has 100 valence electrons. The molecule has 19 heavy (non-hydrogen) atoms. The summed E-state index contributed by atoms with van der Waals surface area (Å²) in [7, 11) is 2.09. The van der Waals surface area contributed by atoms with Crippen LogP contribution in [-0.4, -0.2) is 12.0 Å². The first-order valence-electron chi connectivity index (χ1n) is 6.66. The molecule has 0 radical (unpaired) electrons. The summed E-state index contributed by atoms with van der Waals surface area (Å²) in [5, 5.41) is 0. The standard InChI is InChI=1S/C16H21N3/c1-3-16(17)14-6-8-15(9-7-14)19(2)12-13-5-4-10-18-11-13/h4-11,16H,3,12,17H2,1-2H3/t16-/m1/s1. The summed E-state index contributed by atoms with van der Waals surface area (Å²) in [6.45, 7) is 2.96. The van der Waals surface area contributed by atoms with Crippen molar-refractivity contribution < 1.29 is 0 Å². The number of rotatable bonds is 5. The summed E-state index contributed by atoms with van der Waals surface area (Å²) in [6.07, 6.45) is 4.66. The Kier molecular flexibility index (Phi) is 4.53. The van der Waals surface area contributed by atoms with Crippen molar-refractivity contribution in [3.63, 3.8) is 0 Å². The Balaban J connectivity index is 2.05. The maximum absolute atomic E-state index is 6.02.